The molecule has 0 aliphatic heterocycles. The van der Waals surface area contributed by atoms with E-state index in [0.717, 1.165) is 12.1 Å². The maximum absolute atomic E-state index is 12.7. The maximum Gasteiger partial charge on any atom is 0.389 e. The van der Waals surface area contributed by atoms with E-state index >= 15 is 0 Å². The van der Waals surface area contributed by atoms with Crippen molar-refractivity contribution in [1.29, 1.82) is 0 Å². The lowest BCUT2D eigenvalue weighted by atomic mass is 10.1. The molecule has 1 nitrogen and oxygen atoms in total. The first kappa shape index (κ1) is 14.0. The number of alkyl halides is 3. The molecule has 17 heavy (non-hydrogen) atoms. The highest BCUT2D eigenvalue weighted by atomic mass is 35.5. The van der Waals surface area contributed by atoms with Gasteiger partial charge in [-0.2, -0.15) is 13.2 Å². The Labute approximate surface area is 100 Å². The molecule has 0 fully saturated rings. The van der Waals surface area contributed by atoms with Gasteiger partial charge in [-0.25, -0.2) is 4.39 Å². The molecule has 0 atom stereocenters. The van der Waals surface area contributed by atoms with E-state index in [1.54, 1.807) is 0 Å². The van der Waals surface area contributed by atoms with E-state index in [0.29, 0.717) is 5.56 Å². The molecule has 1 rings (SSSR count). The fourth-order valence-corrected chi connectivity index (χ4v) is 1.48. The van der Waals surface area contributed by atoms with E-state index in [1.807, 2.05) is 0 Å². The Kier molecular flexibility index (Phi) is 4.51. The number of rotatable bonds is 4. The van der Waals surface area contributed by atoms with E-state index in [4.69, 9.17) is 11.6 Å². The van der Waals surface area contributed by atoms with Crippen LogP contribution >= 0.6 is 11.6 Å². The van der Waals surface area contributed by atoms with Crippen LogP contribution in [0.1, 0.15) is 18.4 Å². The predicted molar refractivity (Wildman–Crippen MR) is 55.4 cm³/mol. The van der Waals surface area contributed by atoms with Gasteiger partial charge >= 0.3 is 6.18 Å². The van der Waals surface area contributed by atoms with Gasteiger partial charge < -0.3 is 0 Å². The average molecular weight is 269 g/mol. The molecule has 0 amide bonds. The Morgan fingerprint density at radius 1 is 1.29 bits per heavy atom. The Morgan fingerprint density at radius 2 is 1.94 bits per heavy atom. The van der Waals surface area contributed by atoms with Crippen LogP contribution in [0.2, 0.25) is 5.02 Å². The molecular formula is C11H9ClF4O. The van der Waals surface area contributed by atoms with Crippen molar-refractivity contribution in [3.05, 3.63) is 34.6 Å². The maximum atomic E-state index is 12.7. The van der Waals surface area contributed by atoms with E-state index in [-0.39, 0.29) is 11.4 Å². The minimum Gasteiger partial charge on any atom is -0.299 e. The summed E-state index contributed by atoms with van der Waals surface area (Å²) in [5, 5.41) is 0.0466. The van der Waals surface area contributed by atoms with Crippen LogP contribution in [0.3, 0.4) is 0 Å². The van der Waals surface area contributed by atoms with Crippen LogP contribution in [-0.4, -0.2) is 12.0 Å². The van der Waals surface area contributed by atoms with Crippen LogP contribution in [0.5, 0.6) is 0 Å². The number of carbonyl (C=O) groups is 1. The van der Waals surface area contributed by atoms with Gasteiger partial charge in [-0.3, -0.25) is 4.79 Å². The van der Waals surface area contributed by atoms with Gasteiger partial charge in [-0.1, -0.05) is 17.7 Å². The molecule has 0 spiro atoms. The lowest BCUT2D eigenvalue weighted by Gasteiger charge is -2.06. The SMILES string of the molecule is O=C(CCC(F)(F)F)Cc1ccc(F)cc1Cl. The molecule has 94 valence electrons. The van der Waals surface area contributed by atoms with Crippen LogP contribution in [0, 0.1) is 5.82 Å². The van der Waals surface area contributed by atoms with E-state index < -0.39 is 30.6 Å². The molecule has 0 heterocycles. The predicted octanol–water partition coefficient (Wildman–Crippen LogP) is 3.93. The quantitative estimate of drug-likeness (QED) is 0.756. The lowest BCUT2D eigenvalue weighted by molar-refractivity contribution is -0.143. The van der Waals surface area contributed by atoms with Crippen LogP contribution in [0.25, 0.3) is 0 Å². The second-order valence-corrected chi connectivity index (χ2v) is 3.97. The minimum absolute atomic E-state index is 0.0466. The smallest absolute Gasteiger partial charge is 0.299 e. The number of carbonyl (C=O) groups excluding carboxylic acids is 1. The zero-order valence-corrected chi connectivity index (χ0v) is 9.41. The molecule has 0 aliphatic carbocycles. The van der Waals surface area contributed by atoms with Gasteiger partial charge in [0.25, 0.3) is 0 Å². The molecule has 0 saturated heterocycles. The molecule has 6 heteroatoms. The molecule has 0 N–H and O–H groups in total. The molecule has 1 aromatic rings. The molecule has 0 aliphatic rings. The highest BCUT2D eigenvalue weighted by molar-refractivity contribution is 6.31. The van der Waals surface area contributed by atoms with Crippen molar-refractivity contribution in [2.24, 2.45) is 0 Å². The molecule has 0 saturated carbocycles. The van der Waals surface area contributed by atoms with Crippen LogP contribution < -0.4 is 0 Å². The van der Waals surface area contributed by atoms with Crippen molar-refractivity contribution in [1.82, 2.24) is 0 Å². The Hall–Kier alpha value is -1.10. The first-order chi connectivity index (χ1) is 7.78. The third-order valence-electron chi connectivity index (χ3n) is 2.09. The Bertz CT molecular complexity index is 414. The zero-order chi connectivity index (χ0) is 13.1. The number of benzene rings is 1. The first-order valence-electron chi connectivity index (χ1n) is 4.80. The number of hydrogen-bond donors (Lipinski definition) is 0. The summed E-state index contributed by atoms with van der Waals surface area (Å²) in [7, 11) is 0. The standard InChI is InChI=1S/C11H9ClF4O/c12-10-6-8(13)2-1-7(10)5-9(17)3-4-11(14,15)16/h1-2,6H,3-5H2. The Balaban J connectivity index is 2.57. The van der Waals surface area contributed by atoms with Gasteiger partial charge in [0, 0.05) is 17.9 Å². The number of ketones is 1. The summed E-state index contributed by atoms with van der Waals surface area (Å²) in [6.45, 7) is 0. The molecule has 0 unspecified atom stereocenters. The second kappa shape index (κ2) is 5.49. The fourth-order valence-electron chi connectivity index (χ4n) is 1.25. The second-order valence-electron chi connectivity index (χ2n) is 3.57. The van der Waals surface area contributed by atoms with Crippen molar-refractivity contribution in [2.75, 3.05) is 0 Å². The summed E-state index contributed by atoms with van der Waals surface area (Å²) in [4.78, 5) is 11.2. The summed E-state index contributed by atoms with van der Waals surface area (Å²) >= 11 is 5.65. The van der Waals surface area contributed by atoms with Gasteiger partial charge in [0.15, 0.2) is 0 Å². The minimum atomic E-state index is -4.34. The summed E-state index contributed by atoms with van der Waals surface area (Å²) in [5.41, 5.74) is 0.334. The van der Waals surface area contributed by atoms with Crippen molar-refractivity contribution in [2.45, 2.75) is 25.4 Å². The molecular weight excluding hydrogens is 260 g/mol. The summed E-state index contributed by atoms with van der Waals surface area (Å²) in [6.07, 6.45) is -6.29. The topological polar surface area (TPSA) is 17.1 Å². The zero-order valence-electron chi connectivity index (χ0n) is 8.65. The lowest BCUT2D eigenvalue weighted by Crippen LogP contribution is -2.12. The Morgan fingerprint density at radius 3 is 2.47 bits per heavy atom. The highest BCUT2D eigenvalue weighted by Gasteiger charge is 2.27. The van der Waals surface area contributed by atoms with Gasteiger partial charge in [0.05, 0.1) is 6.42 Å². The molecule has 0 radical (unpaired) electrons. The van der Waals surface area contributed by atoms with Gasteiger partial charge in [-0.15, -0.1) is 0 Å². The monoisotopic (exact) mass is 268 g/mol. The third-order valence-corrected chi connectivity index (χ3v) is 2.44. The number of halogens is 5. The molecule has 0 aromatic heterocycles. The fraction of sp³-hybridized carbons (Fsp3) is 0.364. The summed E-state index contributed by atoms with van der Waals surface area (Å²) in [6, 6.07) is 3.43. The van der Waals surface area contributed by atoms with Crippen molar-refractivity contribution < 1.29 is 22.4 Å². The van der Waals surface area contributed by atoms with E-state index in [9.17, 15) is 22.4 Å². The van der Waals surface area contributed by atoms with Crippen LogP contribution in [0.15, 0.2) is 18.2 Å². The normalized spacial score (nSPS) is 11.6. The largest absolute Gasteiger partial charge is 0.389 e. The molecule has 1 aromatic carbocycles. The first-order valence-corrected chi connectivity index (χ1v) is 5.18. The summed E-state index contributed by atoms with van der Waals surface area (Å²) < 4.78 is 48.2. The summed E-state index contributed by atoms with van der Waals surface area (Å²) in [5.74, 6) is -1.13. The number of Topliss-reactive ketones (excluding diaryl/α,β-unsaturated/α-hetero) is 1. The van der Waals surface area contributed by atoms with Crippen LogP contribution in [-0.2, 0) is 11.2 Å². The van der Waals surface area contributed by atoms with Crippen molar-refractivity contribution >= 4 is 17.4 Å². The van der Waals surface area contributed by atoms with Crippen LogP contribution in [0.4, 0.5) is 17.6 Å². The average Bonchev–Trinajstić information content (AvgIpc) is 2.18. The van der Waals surface area contributed by atoms with Gasteiger partial charge in [0.2, 0.25) is 0 Å². The van der Waals surface area contributed by atoms with Gasteiger partial charge in [0.1, 0.15) is 11.6 Å². The van der Waals surface area contributed by atoms with Crippen molar-refractivity contribution in [3.63, 3.8) is 0 Å². The molecule has 0 bridgehead atoms. The van der Waals surface area contributed by atoms with Gasteiger partial charge in [-0.05, 0) is 17.7 Å². The highest BCUT2D eigenvalue weighted by Crippen LogP contribution is 2.23. The van der Waals surface area contributed by atoms with Crippen molar-refractivity contribution in [3.8, 4) is 0 Å². The van der Waals surface area contributed by atoms with E-state index in [1.165, 1.54) is 6.07 Å². The van der Waals surface area contributed by atoms with E-state index in [2.05, 4.69) is 0 Å². The number of hydrogen-bond acceptors (Lipinski definition) is 1. The third kappa shape index (κ3) is 5.17.